The molecule has 2 N–H and O–H groups in total. The van der Waals surface area contributed by atoms with Gasteiger partial charge in [0.15, 0.2) is 11.3 Å². The normalized spacial score (nSPS) is 20.4. The highest BCUT2D eigenvalue weighted by atomic mass is 32.2. The van der Waals surface area contributed by atoms with Gasteiger partial charge in [-0.05, 0) is 67.1 Å². The lowest BCUT2D eigenvalue weighted by Crippen LogP contribution is -2.37. The number of hydrogen-bond acceptors (Lipinski definition) is 7. The van der Waals surface area contributed by atoms with Gasteiger partial charge in [-0.2, -0.15) is 0 Å². The summed E-state index contributed by atoms with van der Waals surface area (Å²) in [7, 11) is 0. The van der Waals surface area contributed by atoms with Gasteiger partial charge in [0, 0.05) is 30.4 Å². The molecule has 0 saturated carbocycles. The van der Waals surface area contributed by atoms with Crippen molar-refractivity contribution in [2.75, 3.05) is 23.3 Å². The fraction of sp³-hybridized carbons (Fsp3) is 0.393. The zero-order valence-corrected chi connectivity index (χ0v) is 21.8. The van der Waals surface area contributed by atoms with Gasteiger partial charge in [-0.1, -0.05) is 38.1 Å². The Hall–Kier alpha value is -3.26. The van der Waals surface area contributed by atoms with Gasteiger partial charge in [0.1, 0.15) is 10.8 Å². The van der Waals surface area contributed by atoms with E-state index >= 15 is 0 Å². The number of aryl methyl sites for hydroxylation is 1. The highest BCUT2D eigenvalue weighted by Crippen LogP contribution is 2.40. The van der Waals surface area contributed by atoms with E-state index in [1.807, 2.05) is 50.2 Å². The van der Waals surface area contributed by atoms with Crippen LogP contribution in [-0.4, -0.2) is 24.2 Å². The number of nitrogens with one attached hydrogen (secondary N) is 2. The summed E-state index contributed by atoms with van der Waals surface area (Å²) in [6.45, 7) is 10.2. The number of anilines is 2. The van der Waals surface area contributed by atoms with Crippen molar-refractivity contribution < 1.29 is 14.0 Å². The summed E-state index contributed by atoms with van der Waals surface area (Å²) in [6.07, 6.45) is 2.08. The van der Waals surface area contributed by atoms with Crippen LogP contribution in [0, 0.1) is 12.3 Å². The number of hydrogen-bond donors (Lipinski definition) is 2. The number of piperidine rings is 1. The Labute approximate surface area is 214 Å². The van der Waals surface area contributed by atoms with Gasteiger partial charge in [0.25, 0.3) is 5.24 Å². The predicted molar refractivity (Wildman–Crippen MR) is 145 cm³/mol. The highest BCUT2D eigenvalue weighted by Gasteiger charge is 2.34. The molecule has 0 spiro atoms. The van der Waals surface area contributed by atoms with Crippen LogP contribution in [-0.2, 0) is 4.79 Å². The molecular formula is C28H31N3O4S. The lowest BCUT2D eigenvalue weighted by Gasteiger charge is -2.37. The Bertz CT molecular complexity index is 1400. The summed E-state index contributed by atoms with van der Waals surface area (Å²) in [5.74, 6) is 0.298. The standard InChI is InChI=1S/C28H31N3O4S/c1-16-13-19(17(2)29-21-8-6-5-7-18(21)25-26(33)30-27(34)36-25)24-20(14-16)22(32)15-23(35-24)31-11-9-28(3,4)10-12-31/h5-8,13-15,17,25,29H,9-12H2,1-4H3,(H,30,33,34)/t17-,25?/m1/s1. The monoisotopic (exact) mass is 505 g/mol. The zero-order chi connectivity index (χ0) is 25.6. The first kappa shape index (κ1) is 24.4. The van der Waals surface area contributed by atoms with Crippen LogP contribution in [0.1, 0.15) is 61.6 Å². The number of thioether (sulfide) groups is 1. The van der Waals surface area contributed by atoms with Crippen molar-refractivity contribution in [1.82, 2.24) is 5.32 Å². The van der Waals surface area contributed by atoms with Crippen molar-refractivity contribution in [1.29, 1.82) is 0 Å². The molecular weight excluding hydrogens is 474 g/mol. The van der Waals surface area contributed by atoms with Crippen molar-refractivity contribution in [2.45, 2.75) is 51.8 Å². The molecule has 2 fully saturated rings. The number of amides is 2. The second kappa shape index (κ2) is 9.32. The second-order valence-corrected chi connectivity index (χ2v) is 11.6. The Kier molecular flexibility index (Phi) is 6.32. The predicted octanol–water partition coefficient (Wildman–Crippen LogP) is 5.93. The number of para-hydroxylation sites is 1. The van der Waals surface area contributed by atoms with Gasteiger partial charge < -0.3 is 14.6 Å². The molecule has 36 heavy (non-hydrogen) atoms. The Morgan fingerprint density at radius 2 is 1.83 bits per heavy atom. The molecule has 1 aromatic heterocycles. The number of benzene rings is 2. The third kappa shape index (κ3) is 4.74. The van der Waals surface area contributed by atoms with Crippen LogP contribution in [0.25, 0.3) is 11.0 Å². The maximum absolute atomic E-state index is 13.2. The molecule has 3 heterocycles. The molecule has 2 aliphatic rings. The molecule has 0 radical (unpaired) electrons. The summed E-state index contributed by atoms with van der Waals surface area (Å²) >= 11 is 0.983. The minimum absolute atomic E-state index is 0.0498. The smallest absolute Gasteiger partial charge is 0.286 e. The number of carbonyl (C=O) groups is 2. The van der Waals surface area contributed by atoms with Gasteiger partial charge in [0.05, 0.1) is 11.4 Å². The summed E-state index contributed by atoms with van der Waals surface area (Å²) in [6, 6.07) is 12.8. The summed E-state index contributed by atoms with van der Waals surface area (Å²) in [5.41, 5.74) is 4.17. The van der Waals surface area contributed by atoms with Crippen molar-refractivity contribution in [2.24, 2.45) is 5.41 Å². The lowest BCUT2D eigenvalue weighted by atomic mass is 9.83. The van der Waals surface area contributed by atoms with Crippen molar-refractivity contribution >= 4 is 45.4 Å². The molecule has 2 saturated heterocycles. The van der Waals surface area contributed by atoms with E-state index in [1.165, 1.54) is 0 Å². The van der Waals surface area contributed by atoms with E-state index in [2.05, 4.69) is 29.4 Å². The molecule has 2 aliphatic heterocycles. The first-order chi connectivity index (χ1) is 17.1. The van der Waals surface area contributed by atoms with Gasteiger partial charge in [-0.3, -0.25) is 19.7 Å². The van der Waals surface area contributed by atoms with Crippen LogP contribution >= 0.6 is 11.8 Å². The SMILES string of the molecule is Cc1cc([C@@H](C)Nc2ccccc2C2SC(=O)NC2=O)c2oc(N3CCC(C)(C)CC3)cc(=O)c2c1. The highest BCUT2D eigenvalue weighted by molar-refractivity contribution is 8.15. The van der Waals surface area contributed by atoms with Gasteiger partial charge in [0.2, 0.25) is 5.91 Å². The first-order valence-corrected chi connectivity index (χ1v) is 13.2. The van der Waals surface area contributed by atoms with E-state index in [4.69, 9.17) is 4.42 Å². The number of imide groups is 1. The summed E-state index contributed by atoms with van der Waals surface area (Å²) in [5, 5.41) is 5.49. The maximum Gasteiger partial charge on any atom is 0.286 e. The Morgan fingerprint density at radius 1 is 1.11 bits per heavy atom. The molecule has 1 unspecified atom stereocenters. The van der Waals surface area contributed by atoms with Crippen LogP contribution in [0.5, 0.6) is 0 Å². The molecule has 0 bridgehead atoms. The molecule has 2 aromatic carbocycles. The molecule has 2 atom stereocenters. The van der Waals surface area contributed by atoms with Crippen LogP contribution < -0.4 is 21.0 Å². The average molecular weight is 506 g/mol. The molecule has 0 aliphatic carbocycles. The topological polar surface area (TPSA) is 91.7 Å². The van der Waals surface area contributed by atoms with E-state index < -0.39 is 5.25 Å². The van der Waals surface area contributed by atoms with Crippen LogP contribution in [0.15, 0.2) is 51.7 Å². The quantitative estimate of drug-likeness (QED) is 0.444. The number of rotatable bonds is 5. The molecule has 2 amide bonds. The molecule has 3 aromatic rings. The Morgan fingerprint density at radius 3 is 2.53 bits per heavy atom. The second-order valence-electron chi connectivity index (χ2n) is 10.6. The van der Waals surface area contributed by atoms with Crippen LogP contribution in [0.4, 0.5) is 16.4 Å². The van der Waals surface area contributed by atoms with E-state index in [0.29, 0.717) is 22.3 Å². The van der Waals surface area contributed by atoms with E-state index in [9.17, 15) is 14.4 Å². The zero-order valence-electron chi connectivity index (χ0n) is 21.0. The van der Waals surface area contributed by atoms with Gasteiger partial charge in [-0.15, -0.1) is 0 Å². The van der Waals surface area contributed by atoms with Crippen molar-refractivity contribution in [3.05, 3.63) is 69.4 Å². The maximum atomic E-state index is 13.2. The summed E-state index contributed by atoms with van der Waals surface area (Å²) in [4.78, 5) is 39.4. The molecule has 5 rings (SSSR count). The number of nitrogens with zero attached hydrogens (tertiary/aromatic N) is 1. The van der Waals surface area contributed by atoms with Gasteiger partial charge >= 0.3 is 0 Å². The van der Waals surface area contributed by atoms with Crippen molar-refractivity contribution in [3.63, 3.8) is 0 Å². The molecule has 8 heteroatoms. The number of carbonyl (C=O) groups excluding carboxylic acids is 2. The third-order valence-corrected chi connectivity index (χ3v) is 8.21. The lowest BCUT2D eigenvalue weighted by molar-refractivity contribution is -0.119. The van der Waals surface area contributed by atoms with Crippen molar-refractivity contribution in [3.8, 4) is 0 Å². The van der Waals surface area contributed by atoms with Crippen LogP contribution in [0.2, 0.25) is 0 Å². The summed E-state index contributed by atoms with van der Waals surface area (Å²) < 4.78 is 6.43. The van der Waals surface area contributed by atoms with Crippen LogP contribution in [0.3, 0.4) is 0 Å². The molecule has 188 valence electrons. The fourth-order valence-electron chi connectivity index (χ4n) is 4.96. The minimum Gasteiger partial charge on any atom is -0.440 e. The largest absolute Gasteiger partial charge is 0.440 e. The van der Waals surface area contributed by atoms with E-state index in [0.717, 1.165) is 60.1 Å². The van der Waals surface area contributed by atoms with E-state index in [1.54, 1.807) is 6.07 Å². The fourth-order valence-corrected chi connectivity index (χ4v) is 5.83. The third-order valence-electron chi connectivity index (χ3n) is 7.19. The first-order valence-electron chi connectivity index (χ1n) is 12.3. The minimum atomic E-state index is -0.601. The van der Waals surface area contributed by atoms with E-state index in [-0.39, 0.29) is 22.6 Å². The number of fused-ring (bicyclic) bond motifs is 1. The Balaban J connectivity index is 1.51. The van der Waals surface area contributed by atoms with Gasteiger partial charge in [-0.25, -0.2) is 0 Å². The average Bonchev–Trinajstić information content (AvgIpc) is 3.16. The molecule has 7 nitrogen and oxygen atoms in total.